The predicted octanol–water partition coefficient (Wildman–Crippen LogP) is 19.9. The lowest BCUT2D eigenvalue weighted by atomic mass is 9.83. The first-order valence-electron chi connectivity index (χ1n) is 28.3. The number of carbonyl (C=O) groups excluding carboxylic acids is 3. The van der Waals surface area contributed by atoms with Gasteiger partial charge in [-0.2, -0.15) is 13.7 Å². The zero-order valence-corrected chi connectivity index (χ0v) is 56.4. The molecule has 0 aliphatic carbocycles. The van der Waals surface area contributed by atoms with E-state index in [0.717, 1.165) is 25.8 Å². The summed E-state index contributed by atoms with van der Waals surface area (Å²) in [4.78, 5) is 32.3. The number of nitriles is 1. The van der Waals surface area contributed by atoms with Gasteiger partial charge in [0.2, 0.25) is 11.1 Å². The van der Waals surface area contributed by atoms with Gasteiger partial charge in [0.05, 0.1) is 12.7 Å². The number of halogens is 1. The largest absolute Gasteiger partial charge is 0.462 e. The molecule has 0 aromatic rings. The lowest BCUT2D eigenvalue weighted by Gasteiger charge is -2.24. The number of hydrogen-bond acceptors (Lipinski definition) is 8. The topological polar surface area (TPSA) is 191 Å². The maximum Gasteiger partial charge on any atom is 0.394 e. The van der Waals surface area contributed by atoms with E-state index >= 15 is 0 Å². The summed E-state index contributed by atoms with van der Waals surface area (Å²) in [5.74, 6) is 1.13. The van der Waals surface area contributed by atoms with Gasteiger partial charge >= 0.3 is 16.4 Å². The van der Waals surface area contributed by atoms with Crippen LogP contribution in [0, 0.1) is 56.2 Å². The van der Waals surface area contributed by atoms with Crippen LogP contribution in [-0.4, -0.2) is 59.5 Å². The Morgan fingerprint density at radius 3 is 1.08 bits per heavy atom. The van der Waals surface area contributed by atoms with Crippen LogP contribution in [0.15, 0.2) is 73.4 Å². The van der Waals surface area contributed by atoms with Crippen LogP contribution in [0.3, 0.4) is 0 Å². The zero-order chi connectivity index (χ0) is 63.9. The summed E-state index contributed by atoms with van der Waals surface area (Å²) in [6, 6.07) is 1.69. The molecule has 0 rings (SSSR count). The van der Waals surface area contributed by atoms with E-state index in [4.69, 9.17) is 44.2 Å². The molecule has 0 spiro atoms. The number of allylic oxidation sites excluding steroid dienone is 4. The molecule has 0 radical (unpaired) electrons. The molecule has 0 heterocycles. The standard InChI is InChI=1S/C14H27NO.C14H26O2.C10H22O.2C10H20.C4H5ClO.C3H3N.CH4.H2O4S/c1-7-14(5,6)9-8-12(4)10-15-13(16)11(2)3;1-7-14(5,6)9-8-12(4)10-16-13(15)11(2)3;1-5-10(3,4)7-6-9(2)8-11;2*1-6-10(4,5)8-7-9(2)3;1-3(2)4(5)6;1-2-3-4;;1-5(2,3)4/h12H,2,7-10H2,1,3-6H3,(H,15,16);12H,2,7-10H2,1,3-6H3;9,11H,5-8H2,1-4H3;2*2,6-8H2,1,3-5H3;1H2,2H3;2H,1H2;1H4;(H2,1,2,3,4). The predicted molar refractivity (Wildman–Crippen MR) is 347 cm³/mol. The van der Waals surface area contributed by atoms with E-state index in [1.54, 1.807) is 26.8 Å². The molecular weight excluding hydrogens is 1030 g/mol. The second kappa shape index (κ2) is 52.7. The Bertz CT molecular complexity index is 1720. The van der Waals surface area contributed by atoms with Gasteiger partial charge in [-0.3, -0.25) is 18.7 Å². The van der Waals surface area contributed by atoms with Gasteiger partial charge in [0.25, 0.3) is 0 Å². The Kier molecular flexibility index (Phi) is 63.3. The number of amides is 1. The monoisotopic (exact) mass is 1160 g/mol. The zero-order valence-electron chi connectivity index (χ0n) is 54.8. The van der Waals surface area contributed by atoms with E-state index in [0.29, 0.717) is 74.8 Å². The van der Waals surface area contributed by atoms with Crippen molar-refractivity contribution in [2.45, 2.75) is 263 Å². The summed E-state index contributed by atoms with van der Waals surface area (Å²) in [5.41, 5.74) is 6.36. The summed E-state index contributed by atoms with van der Waals surface area (Å²) in [6.45, 7) is 72.7. The van der Waals surface area contributed by atoms with Crippen LogP contribution in [0.25, 0.3) is 0 Å². The number of rotatable bonds is 28. The molecule has 0 saturated carbocycles. The van der Waals surface area contributed by atoms with Crippen LogP contribution in [0.4, 0.5) is 0 Å². The number of nitrogens with zero attached hydrogens (tertiary/aromatic N) is 1. The first-order chi connectivity index (χ1) is 35.1. The smallest absolute Gasteiger partial charge is 0.394 e. The SMILES string of the molecule is C.C=C(C)C(=O)Cl.C=C(C)C(=O)NCC(C)CCC(C)(C)CC.C=C(C)C(=O)OCC(C)CCC(C)(C)CC.C=C(C)CCC(C)(C)CC.C=C(C)CCC(C)(C)CC.C=CC#N.CCC(C)(C)CCC(C)CO.O=S(=O)(O)O. The van der Waals surface area contributed by atoms with Crippen LogP contribution >= 0.6 is 11.6 Å². The van der Waals surface area contributed by atoms with Crippen molar-refractivity contribution < 1.29 is 41.8 Å². The summed E-state index contributed by atoms with van der Waals surface area (Å²) in [5, 5.41) is 18.7. The lowest BCUT2D eigenvalue weighted by molar-refractivity contribution is -0.140. The van der Waals surface area contributed by atoms with E-state index in [1.165, 1.54) is 94.3 Å². The molecule has 11 nitrogen and oxygen atoms in total. The molecule has 470 valence electrons. The number of carbonyl (C=O) groups is 3. The van der Waals surface area contributed by atoms with Crippen molar-refractivity contribution in [2.75, 3.05) is 19.8 Å². The Balaban J connectivity index is -0.000000105. The lowest BCUT2D eigenvalue weighted by Crippen LogP contribution is -2.29. The van der Waals surface area contributed by atoms with Crippen molar-refractivity contribution >= 4 is 39.1 Å². The summed E-state index contributed by atoms with van der Waals surface area (Å²) in [6.07, 6.45) is 19.3. The van der Waals surface area contributed by atoms with E-state index in [9.17, 15) is 14.4 Å². The third kappa shape index (κ3) is 88.7. The molecule has 0 bridgehead atoms. The van der Waals surface area contributed by atoms with E-state index in [1.807, 2.05) is 0 Å². The molecular formula is C66H129ClN2O9S. The molecule has 3 atom stereocenters. The van der Waals surface area contributed by atoms with Crippen molar-refractivity contribution in [1.82, 2.24) is 5.32 Å². The fourth-order valence-electron chi connectivity index (χ4n) is 4.93. The van der Waals surface area contributed by atoms with Crippen LogP contribution in [0.5, 0.6) is 0 Å². The van der Waals surface area contributed by atoms with Crippen molar-refractivity contribution in [3.05, 3.63) is 73.4 Å². The summed E-state index contributed by atoms with van der Waals surface area (Å²) >= 11 is 4.87. The van der Waals surface area contributed by atoms with E-state index < -0.39 is 15.6 Å². The number of nitrogens with one attached hydrogen (secondary N) is 1. The highest BCUT2D eigenvalue weighted by Crippen LogP contribution is 2.31. The van der Waals surface area contributed by atoms with Gasteiger partial charge in [-0.05, 0) is 155 Å². The summed E-state index contributed by atoms with van der Waals surface area (Å²) < 4.78 is 36.7. The number of hydrogen-bond donors (Lipinski definition) is 4. The van der Waals surface area contributed by atoms with Crippen LogP contribution in [-0.2, 0) is 29.5 Å². The minimum atomic E-state index is -4.67. The summed E-state index contributed by atoms with van der Waals surface area (Å²) in [7, 11) is -4.67. The number of esters is 1. The minimum absolute atomic E-state index is 0. The maximum atomic E-state index is 11.3. The maximum absolute atomic E-state index is 11.3. The normalized spacial score (nSPS) is 11.9. The van der Waals surface area contributed by atoms with Crippen molar-refractivity contribution in [3.8, 4) is 6.07 Å². The fraction of sp³-hybridized carbons (Fsp3) is 0.758. The second-order valence-electron chi connectivity index (χ2n) is 25.3. The van der Waals surface area contributed by atoms with Gasteiger partial charge in [-0.1, -0.05) is 202 Å². The molecule has 4 N–H and O–H groups in total. The molecule has 0 aromatic heterocycles. The third-order valence-electron chi connectivity index (χ3n) is 13.8. The van der Waals surface area contributed by atoms with Crippen LogP contribution in [0.2, 0.25) is 0 Å². The minimum Gasteiger partial charge on any atom is -0.462 e. The molecule has 0 aromatic carbocycles. The van der Waals surface area contributed by atoms with Gasteiger partial charge < -0.3 is 15.2 Å². The Labute approximate surface area is 496 Å². The van der Waals surface area contributed by atoms with Gasteiger partial charge in [-0.25, -0.2) is 4.79 Å². The van der Waals surface area contributed by atoms with E-state index in [-0.39, 0.29) is 19.3 Å². The number of ether oxygens (including phenoxy) is 1. The Morgan fingerprint density at radius 2 is 0.861 bits per heavy atom. The second-order valence-corrected chi connectivity index (χ2v) is 26.6. The molecule has 0 aliphatic heterocycles. The molecule has 79 heavy (non-hydrogen) atoms. The number of aliphatic hydroxyl groups is 1. The van der Waals surface area contributed by atoms with E-state index in [2.05, 4.69) is 183 Å². The molecule has 0 aliphatic rings. The fourth-order valence-corrected chi connectivity index (χ4v) is 4.93. The molecule has 0 fully saturated rings. The third-order valence-corrected chi connectivity index (χ3v) is 14.1. The Hall–Kier alpha value is -3.34. The average Bonchev–Trinajstić information content (AvgIpc) is 3.34. The molecule has 13 heteroatoms. The highest BCUT2D eigenvalue weighted by Gasteiger charge is 2.19. The van der Waals surface area contributed by atoms with Gasteiger partial charge in [-0.15, -0.1) is 13.2 Å². The molecule has 1 amide bonds. The molecule has 0 saturated heterocycles. The van der Waals surface area contributed by atoms with Crippen molar-refractivity contribution in [3.63, 3.8) is 0 Å². The van der Waals surface area contributed by atoms with Gasteiger partial charge in [0, 0.05) is 35.9 Å². The first kappa shape index (κ1) is 94.9. The first-order valence-corrected chi connectivity index (χ1v) is 30.1. The highest BCUT2D eigenvalue weighted by molar-refractivity contribution is 7.79. The quantitative estimate of drug-likeness (QED) is 0.0146. The average molecular weight is 1160 g/mol. The number of aliphatic hydroxyl groups excluding tert-OH is 1. The Morgan fingerprint density at radius 1 is 0.595 bits per heavy atom. The highest BCUT2D eigenvalue weighted by atomic mass is 35.5. The van der Waals surface area contributed by atoms with Crippen molar-refractivity contribution in [1.29, 1.82) is 5.26 Å². The molecule has 3 unspecified atom stereocenters. The van der Waals surface area contributed by atoms with Crippen molar-refractivity contribution in [2.24, 2.45) is 44.8 Å². The van der Waals surface area contributed by atoms with Gasteiger partial charge in [0.15, 0.2) is 0 Å². The van der Waals surface area contributed by atoms with Gasteiger partial charge in [0.1, 0.15) is 0 Å². The van der Waals surface area contributed by atoms with Crippen LogP contribution < -0.4 is 5.32 Å². The van der Waals surface area contributed by atoms with Crippen LogP contribution in [0.1, 0.15) is 263 Å².